The van der Waals surface area contributed by atoms with E-state index in [-0.39, 0.29) is 6.03 Å². The van der Waals surface area contributed by atoms with Crippen molar-refractivity contribution in [1.82, 2.24) is 10.2 Å². The van der Waals surface area contributed by atoms with Crippen LogP contribution in [0.3, 0.4) is 0 Å². The second-order valence-electron chi connectivity index (χ2n) is 5.74. The summed E-state index contributed by atoms with van der Waals surface area (Å²) >= 11 is 0. The zero-order valence-electron chi connectivity index (χ0n) is 14.1. The number of likely N-dealkylation sites (tertiary alicyclic amines) is 1. The van der Waals surface area contributed by atoms with Crippen molar-refractivity contribution in [1.29, 1.82) is 0 Å². The Morgan fingerprint density at radius 2 is 1.74 bits per heavy atom. The van der Waals surface area contributed by atoms with Crippen LogP contribution >= 0.6 is 0 Å². The van der Waals surface area contributed by atoms with Crippen molar-refractivity contribution in [2.24, 2.45) is 0 Å². The van der Waals surface area contributed by atoms with Crippen LogP contribution in [0.5, 0.6) is 11.5 Å². The van der Waals surface area contributed by atoms with Crippen molar-refractivity contribution in [2.75, 3.05) is 45.7 Å². The fourth-order valence-electron chi connectivity index (χ4n) is 2.72. The normalized spacial score (nSPS) is 14.5. The number of amides is 2. The first kappa shape index (κ1) is 17.4. The minimum Gasteiger partial charge on any atom is -0.497 e. The van der Waals surface area contributed by atoms with Crippen LogP contribution in [-0.2, 0) is 0 Å². The number of nitrogens with one attached hydrogen (secondary N) is 2. The van der Waals surface area contributed by atoms with Gasteiger partial charge in [-0.3, -0.25) is 0 Å². The lowest BCUT2D eigenvalue weighted by Gasteiger charge is -2.14. The van der Waals surface area contributed by atoms with Crippen molar-refractivity contribution >= 4 is 11.7 Å². The molecule has 6 nitrogen and oxygen atoms in total. The van der Waals surface area contributed by atoms with Gasteiger partial charge in [0.25, 0.3) is 0 Å². The fraction of sp³-hybridized carbons (Fsp3) is 0.588. The Labute approximate surface area is 138 Å². The number of urea groups is 1. The van der Waals surface area contributed by atoms with E-state index in [9.17, 15) is 4.79 Å². The van der Waals surface area contributed by atoms with Crippen LogP contribution in [0.15, 0.2) is 18.2 Å². The van der Waals surface area contributed by atoms with Crippen LogP contribution in [0.2, 0.25) is 0 Å². The van der Waals surface area contributed by atoms with Gasteiger partial charge in [-0.2, -0.15) is 0 Å². The number of carbonyl (C=O) groups is 1. The highest BCUT2D eigenvalue weighted by atomic mass is 16.5. The van der Waals surface area contributed by atoms with Crippen LogP contribution in [0.25, 0.3) is 0 Å². The van der Waals surface area contributed by atoms with Gasteiger partial charge in [0, 0.05) is 30.4 Å². The van der Waals surface area contributed by atoms with E-state index >= 15 is 0 Å². The summed E-state index contributed by atoms with van der Waals surface area (Å²) in [5, 5.41) is 5.68. The molecule has 2 amide bonds. The molecular weight excluding hydrogens is 294 g/mol. The predicted molar refractivity (Wildman–Crippen MR) is 91.5 cm³/mol. The average molecular weight is 321 g/mol. The molecule has 0 bridgehead atoms. The molecule has 0 unspecified atom stereocenters. The zero-order chi connectivity index (χ0) is 16.5. The summed E-state index contributed by atoms with van der Waals surface area (Å²) in [5.41, 5.74) is 0.649. The monoisotopic (exact) mass is 321 g/mol. The minimum absolute atomic E-state index is 0.207. The third-order valence-electron chi connectivity index (χ3n) is 3.99. The quantitative estimate of drug-likeness (QED) is 0.723. The number of ether oxygens (including phenoxy) is 2. The standard InChI is InChI=1S/C17H27N3O3/c1-22-15-11-14(12-16(13-15)23-2)19-17(21)18-7-3-4-8-20-9-5-6-10-20/h11-13H,3-10H2,1-2H3,(H2,18,19,21). The van der Waals surface area contributed by atoms with Crippen LogP contribution in [0, 0.1) is 0 Å². The van der Waals surface area contributed by atoms with Crippen molar-refractivity contribution in [3.63, 3.8) is 0 Å². The molecule has 1 aliphatic rings. The fourth-order valence-corrected chi connectivity index (χ4v) is 2.72. The molecule has 0 aromatic heterocycles. The molecule has 1 heterocycles. The number of hydrogen-bond donors (Lipinski definition) is 2. The number of carbonyl (C=O) groups excluding carboxylic acids is 1. The van der Waals surface area contributed by atoms with Crippen LogP contribution < -0.4 is 20.1 Å². The lowest BCUT2D eigenvalue weighted by molar-refractivity contribution is 0.251. The van der Waals surface area contributed by atoms with E-state index in [1.807, 2.05) is 0 Å². The highest BCUT2D eigenvalue weighted by Gasteiger charge is 2.10. The van der Waals surface area contributed by atoms with E-state index < -0.39 is 0 Å². The summed E-state index contributed by atoms with van der Waals surface area (Å²) in [5.74, 6) is 1.29. The Morgan fingerprint density at radius 1 is 1.09 bits per heavy atom. The number of anilines is 1. The number of rotatable bonds is 8. The van der Waals surface area contributed by atoms with E-state index in [0.717, 1.165) is 19.4 Å². The van der Waals surface area contributed by atoms with E-state index in [1.165, 1.54) is 25.9 Å². The minimum atomic E-state index is -0.207. The molecule has 0 radical (unpaired) electrons. The molecule has 1 saturated heterocycles. The zero-order valence-corrected chi connectivity index (χ0v) is 14.1. The van der Waals surface area contributed by atoms with Crippen molar-refractivity contribution in [2.45, 2.75) is 25.7 Å². The summed E-state index contributed by atoms with van der Waals surface area (Å²) < 4.78 is 10.4. The average Bonchev–Trinajstić information content (AvgIpc) is 3.07. The van der Waals surface area contributed by atoms with E-state index in [0.29, 0.717) is 23.7 Å². The lowest BCUT2D eigenvalue weighted by Crippen LogP contribution is -2.30. The third kappa shape index (κ3) is 5.98. The molecular formula is C17H27N3O3. The molecule has 0 atom stereocenters. The third-order valence-corrected chi connectivity index (χ3v) is 3.99. The van der Waals surface area contributed by atoms with E-state index in [2.05, 4.69) is 15.5 Å². The Balaban J connectivity index is 1.67. The first-order valence-corrected chi connectivity index (χ1v) is 8.21. The second kappa shape index (κ2) is 9.25. The topological polar surface area (TPSA) is 62.8 Å². The first-order chi connectivity index (χ1) is 11.2. The van der Waals surface area contributed by atoms with Gasteiger partial charge in [0.1, 0.15) is 11.5 Å². The molecule has 1 fully saturated rings. The molecule has 128 valence electrons. The highest BCUT2D eigenvalue weighted by molar-refractivity contribution is 5.89. The molecule has 1 aromatic rings. The Hall–Kier alpha value is -1.95. The number of methoxy groups -OCH3 is 2. The maximum atomic E-state index is 11.9. The van der Waals surface area contributed by atoms with Gasteiger partial charge in [-0.25, -0.2) is 4.79 Å². The SMILES string of the molecule is COc1cc(NC(=O)NCCCCN2CCCC2)cc(OC)c1. The summed E-state index contributed by atoms with van der Waals surface area (Å²) in [6.07, 6.45) is 4.76. The maximum Gasteiger partial charge on any atom is 0.319 e. The van der Waals surface area contributed by atoms with Crippen LogP contribution in [-0.4, -0.2) is 51.3 Å². The molecule has 6 heteroatoms. The number of benzene rings is 1. The number of hydrogen-bond acceptors (Lipinski definition) is 4. The van der Waals surface area contributed by atoms with Crippen molar-refractivity contribution in [3.8, 4) is 11.5 Å². The first-order valence-electron chi connectivity index (χ1n) is 8.21. The Kier molecular flexibility index (Phi) is 7.00. The number of nitrogens with zero attached hydrogens (tertiary/aromatic N) is 1. The lowest BCUT2D eigenvalue weighted by atomic mass is 10.2. The molecule has 0 saturated carbocycles. The van der Waals surface area contributed by atoms with E-state index in [4.69, 9.17) is 9.47 Å². The van der Waals surface area contributed by atoms with Gasteiger partial charge in [-0.05, 0) is 45.3 Å². The van der Waals surface area contributed by atoms with Gasteiger partial charge in [0.05, 0.1) is 14.2 Å². The molecule has 2 N–H and O–H groups in total. The Bertz CT molecular complexity index is 480. The van der Waals surface area contributed by atoms with Gasteiger partial charge in [-0.15, -0.1) is 0 Å². The van der Waals surface area contributed by atoms with Gasteiger partial charge in [0.2, 0.25) is 0 Å². The molecule has 23 heavy (non-hydrogen) atoms. The highest BCUT2D eigenvalue weighted by Crippen LogP contribution is 2.25. The summed E-state index contributed by atoms with van der Waals surface area (Å²) in [4.78, 5) is 14.4. The van der Waals surface area contributed by atoms with Gasteiger partial charge in [-0.1, -0.05) is 0 Å². The smallest absolute Gasteiger partial charge is 0.319 e. The number of unbranched alkanes of at least 4 members (excludes halogenated alkanes) is 1. The predicted octanol–water partition coefficient (Wildman–Crippen LogP) is 2.70. The summed E-state index contributed by atoms with van der Waals surface area (Å²) in [6.45, 7) is 4.27. The molecule has 2 rings (SSSR count). The van der Waals surface area contributed by atoms with Crippen molar-refractivity contribution < 1.29 is 14.3 Å². The van der Waals surface area contributed by atoms with Crippen molar-refractivity contribution in [3.05, 3.63) is 18.2 Å². The maximum absolute atomic E-state index is 11.9. The summed E-state index contributed by atoms with van der Waals surface area (Å²) in [7, 11) is 3.16. The molecule has 0 aliphatic carbocycles. The van der Waals surface area contributed by atoms with Gasteiger partial charge < -0.3 is 25.0 Å². The van der Waals surface area contributed by atoms with Gasteiger partial charge in [0.15, 0.2) is 0 Å². The summed E-state index contributed by atoms with van der Waals surface area (Å²) in [6, 6.07) is 5.08. The molecule has 1 aromatic carbocycles. The molecule has 0 spiro atoms. The second-order valence-corrected chi connectivity index (χ2v) is 5.74. The largest absolute Gasteiger partial charge is 0.497 e. The van der Waals surface area contributed by atoms with E-state index in [1.54, 1.807) is 32.4 Å². The van der Waals surface area contributed by atoms with Gasteiger partial charge >= 0.3 is 6.03 Å². The van der Waals surface area contributed by atoms with Crippen LogP contribution in [0.4, 0.5) is 10.5 Å². The molecule has 1 aliphatic heterocycles. The Morgan fingerprint density at radius 3 is 2.35 bits per heavy atom. The van der Waals surface area contributed by atoms with Crippen LogP contribution in [0.1, 0.15) is 25.7 Å².